The van der Waals surface area contributed by atoms with E-state index >= 15 is 0 Å². The van der Waals surface area contributed by atoms with Gasteiger partial charge in [-0.05, 0) is 63.0 Å². The summed E-state index contributed by atoms with van der Waals surface area (Å²) in [6.07, 6.45) is 5.36. The van der Waals surface area contributed by atoms with Crippen LogP contribution in [0.15, 0.2) is 29.2 Å². The summed E-state index contributed by atoms with van der Waals surface area (Å²) in [5, 5.41) is 3.07. The summed E-state index contributed by atoms with van der Waals surface area (Å²) in [7, 11) is -3.55. The fourth-order valence-electron chi connectivity index (χ4n) is 4.44. The molecular formula is C19H28N2O3S. The van der Waals surface area contributed by atoms with Gasteiger partial charge in [0.1, 0.15) is 0 Å². The number of nitrogens with one attached hydrogen (secondary N) is 2. The second-order valence-corrected chi connectivity index (χ2v) is 9.42. The Morgan fingerprint density at radius 1 is 1.20 bits per heavy atom. The summed E-state index contributed by atoms with van der Waals surface area (Å²) in [5.74, 6) is 2.13. The van der Waals surface area contributed by atoms with Crippen LogP contribution in [-0.4, -0.2) is 26.9 Å². The molecule has 1 amide bonds. The Morgan fingerprint density at radius 3 is 2.52 bits per heavy atom. The maximum absolute atomic E-state index is 12.2. The SMILES string of the molecule is Cc1ccc(S(=O)(=O)NCCC(=O)NC(C)C2CC3CCC2C3)cc1. The zero-order valence-electron chi connectivity index (χ0n) is 15.0. The van der Waals surface area contributed by atoms with Crippen LogP contribution in [0.3, 0.4) is 0 Å². The van der Waals surface area contributed by atoms with Crippen LogP contribution < -0.4 is 10.0 Å². The fraction of sp³-hybridized carbons (Fsp3) is 0.632. The Morgan fingerprint density at radius 2 is 1.92 bits per heavy atom. The number of sulfonamides is 1. The van der Waals surface area contributed by atoms with Crippen LogP contribution in [0.2, 0.25) is 0 Å². The number of hydrogen-bond donors (Lipinski definition) is 2. The Kier molecular flexibility index (Phi) is 5.49. The van der Waals surface area contributed by atoms with Gasteiger partial charge in [0.15, 0.2) is 0 Å². The quantitative estimate of drug-likeness (QED) is 0.781. The van der Waals surface area contributed by atoms with E-state index in [-0.39, 0.29) is 29.8 Å². The van der Waals surface area contributed by atoms with E-state index < -0.39 is 10.0 Å². The Hall–Kier alpha value is -1.40. The van der Waals surface area contributed by atoms with Crippen molar-refractivity contribution in [2.24, 2.45) is 17.8 Å². The van der Waals surface area contributed by atoms with Gasteiger partial charge in [0.25, 0.3) is 0 Å². The molecule has 0 aliphatic heterocycles. The van der Waals surface area contributed by atoms with Crippen molar-refractivity contribution in [1.29, 1.82) is 0 Å². The van der Waals surface area contributed by atoms with Gasteiger partial charge in [0, 0.05) is 19.0 Å². The second kappa shape index (κ2) is 7.46. The number of benzene rings is 1. The third kappa shape index (κ3) is 4.42. The minimum absolute atomic E-state index is 0.0816. The molecule has 2 N–H and O–H groups in total. The molecule has 25 heavy (non-hydrogen) atoms. The molecule has 0 aromatic heterocycles. The molecule has 0 saturated heterocycles. The van der Waals surface area contributed by atoms with Crippen molar-refractivity contribution >= 4 is 15.9 Å². The van der Waals surface area contributed by atoms with Gasteiger partial charge in [-0.2, -0.15) is 0 Å². The normalized spacial score (nSPS) is 26.6. The molecule has 138 valence electrons. The molecule has 4 unspecified atom stereocenters. The number of aryl methyl sites for hydroxylation is 1. The van der Waals surface area contributed by atoms with E-state index in [0.29, 0.717) is 5.92 Å². The van der Waals surface area contributed by atoms with E-state index in [1.165, 1.54) is 25.7 Å². The van der Waals surface area contributed by atoms with E-state index in [1.807, 2.05) is 6.92 Å². The van der Waals surface area contributed by atoms with Crippen LogP contribution >= 0.6 is 0 Å². The van der Waals surface area contributed by atoms with Crippen molar-refractivity contribution in [3.63, 3.8) is 0 Å². The molecule has 1 aromatic rings. The lowest BCUT2D eigenvalue weighted by Gasteiger charge is -2.28. The summed E-state index contributed by atoms with van der Waals surface area (Å²) in [6, 6.07) is 6.86. The van der Waals surface area contributed by atoms with Gasteiger partial charge in [-0.25, -0.2) is 13.1 Å². The van der Waals surface area contributed by atoms with Gasteiger partial charge >= 0.3 is 0 Å². The molecule has 1 aromatic carbocycles. The highest BCUT2D eigenvalue weighted by molar-refractivity contribution is 7.89. The van der Waals surface area contributed by atoms with Gasteiger partial charge in [-0.1, -0.05) is 24.1 Å². The molecule has 0 radical (unpaired) electrons. The first-order valence-corrected chi connectivity index (χ1v) is 10.7. The van der Waals surface area contributed by atoms with Crippen LogP contribution in [0.4, 0.5) is 0 Å². The Bertz CT molecular complexity index is 715. The molecule has 2 aliphatic carbocycles. The van der Waals surface area contributed by atoms with E-state index in [4.69, 9.17) is 0 Å². The molecule has 2 bridgehead atoms. The second-order valence-electron chi connectivity index (χ2n) is 7.66. The van der Waals surface area contributed by atoms with Crippen LogP contribution in [0.5, 0.6) is 0 Å². The molecule has 4 atom stereocenters. The molecule has 0 heterocycles. The fourth-order valence-corrected chi connectivity index (χ4v) is 5.47. The lowest BCUT2D eigenvalue weighted by atomic mass is 9.84. The third-order valence-corrected chi connectivity index (χ3v) is 7.28. The molecule has 0 spiro atoms. The molecule has 2 aliphatic rings. The van der Waals surface area contributed by atoms with Crippen molar-refractivity contribution in [3.8, 4) is 0 Å². The summed E-state index contributed by atoms with van der Waals surface area (Å²) in [5.41, 5.74) is 1.01. The van der Waals surface area contributed by atoms with Crippen LogP contribution in [0.25, 0.3) is 0 Å². The van der Waals surface area contributed by atoms with E-state index in [0.717, 1.165) is 17.4 Å². The highest BCUT2D eigenvalue weighted by atomic mass is 32.2. The third-order valence-electron chi connectivity index (χ3n) is 5.80. The number of hydrogen-bond acceptors (Lipinski definition) is 3. The Balaban J connectivity index is 1.43. The van der Waals surface area contributed by atoms with Gasteiger partial charge in [0.2, 0.25) is 15.9 Å². The molecule has 5 nitrogen and oxygen atoms in total. The summed E-state index contributed by atoms with van der Waals surface area (Å²) < 4.78 is 26.9. The standard InChI is InChI=1S/C19H28N2O3S/c1-13-3-7-17(8-4-13)25(23,24)20-10-9-19(22)21-14(2)18-12-15-5-6-16(18)11-15/h3-4,7-8,14-16,18,20H,5-6,9-12H2,1-2H3,(H,21,22). The maximum Gasteiger partial charge on any atom is 0.240 e. The van der Waals surface area contributed by atoms with Gasteiger partial charge in [-0.15, -0.1) is 0 Å². The summed E-state index contributed by atoms with van der Waals surface area (Å²) in [6.45, 7) is 4.11. The maximum atomic E-state index is 12.2. The highest BCUT2D eigenvalue weighted by Gasteiger charge is 2.42. The predicted octanol–water partition coefficient (Wildman–Crippen LogP) is 2.60. The van der Waals surface area contributed by atoms with E-state index in [9.17, 15) is 13.2 Å². The molecular weight excluding hydrogens is 336 g/mol. The highest BCUT2D eigenvalue weighted by Crippen LogP contribution is 2.49. The monoisotopic (exact) mass is 364 g/mol. The first-order chi connectivity index (χ1) is 11.8. The predicted molar refractivity (Wildman–Crippen MR) is 97.5 cm³/mol. The van der Waals surface area contributed by atoms with E-state index in [2.05, 4.69) is 17.0 Å². The molecule has 2 fully saturated rings. The van der Waals surface area contributed by atoms with Crippen LogP contribution in [-0.2, 0) is 14.8 Å². The van der Waals surface area contributed by atoms with Crippen molar-refractivity contribution < 1.29 is 13.2 Å². The topological polar surface area (TPSA) is 75.3 Å². The molecule has 6 heteroatoms. The first-order valence-electron chi connectivity index (χ1n) is 9.21. The largest absolute Gasteiger partial charge is 0.353 e. The number of rotatable bonds is 7. The number of amides is 1. The van der Waals surface area contributed by atoms with Gasteiger partial charge in [0.05, 0.1) is 4.90 Å². The molecule has 3 rings (SSSR count). The minimum atomic E-state index is -3.55. The van der Waals surface area contributed by atoms with Crippen molar-refractivity contribution in [1.82, 2.24) is 10.0 Å². The van der Waals surface area contributed by atoms with Crippen molar-refractivity contribution in [2.45, 2.75) is 56.9 Å². The first kappa shape index (κ1) is 18.4. The van der Waals surface area contributed by atoms with Crippen LogP contribution in [0.1, 0.15) is 44.6 Å². The number of fused-ring (bicyclic) bond motifs is 2. The van der Waals surface area contributed by atoms with Crippen molar-refractivity contribution in [3.05, 3.63) is 29.8 Å². The zero-order valence-corrected chi connectivity index (χ0v) is 15.8. The number of carbonyl (C=O) groups is 1. The lowest BCUT2D eigenvalue weighted by Crippen LogP contribution is -2.41. The smallest absolute Gasteiger partial charge is 0.240 e. The van der Waals surface area contributed by atoms with Crippen LogP contribution in [0, 0.1) is 24.7 Å². The summed E-state index contributed by atoms with van der Waals surface area (Å²) in [4.78, 5) is 12.4. The number of carbonyl (C=O) groups excluding carboxylic acids is 1. The average Bonchev–Trinajstić information content (AvgIpc) is 3.18. The zero-order chi connectivity index (χ0) is 18.0. The van der Waals surface area contributed by atoms with Gasteiger partial charge in [-0.3, -0.25) is 4.79 Å². The van der Waals surface area contributed by atoms with Gasteiger partial charge < -0.3 is 5.32 Å². The van der Waals surface area contributed by atoms with Crippen molar-refractivity contribution in [2.75, 3.05) is 6.54 Å². The average molecular weight is 365 g/mol. The molecule has 2 saturated carbocycles. The Labute approximate surface area is 150 Å². The summed E-state index contributed by atoms with van der Waals surface area (Å²) >= 11 is 0. The lowest BCUT2D eigenvalue weighted by molar-refractivity contribution is -0.122. The minimum Gasteiger partial charge on any atom is -0.353 e. The van der Waals surface area contributed by atoms with E-state index in [1.54, 1.807) is 24.3 Å².